The van der Waals surface area contributed by atoms with Gasteiger partial charge in [0.15, 0.2) is 11.5 Å². The fourth-order valence-electron chi connectivity index (χ4n) is 1.77. The van der Waals surface area contributed by atoms with Gasteiger partial charge in [0, 0.05) is 6.92 Å². The maximum absolute atomic E-state index is 5.72. The monoisotopic (exact) mass is 226 g/mol. The first-order valence-electron chi connectivity index (χ1n) is 5.50. The minimum Gasteiger partial charge on any atom is -0.450 e. The van der Waals surface area contributed by atoms with E-state index in [0.717, 1.165) is 11.5 Å². The molecule has 15 heavy (non-hydrogen) atoms. The van der Waals surface area contributed by atoms with Gasteiger partial charge in [-0.2, -0.15) is 0 Å². The zero-order chi connectivity index (χ0) is 11.2. The molecular weight excluding hydrogens is 208 g/mol. The van der Waals surface area contributed by atoms with Crippen molar-refractivity contribution in [2.45, 2.75) is 52.7 Å². The van der Waals surface area contributed by atoms with Gasteiger partial charge in [-0.05, 0) is 11.8 Å². The van der Waals surface area contributed by atoms with Gasteiger partial charge in [0.05, 0.1) is 9.75 Å². The largest absolute Gasteiger partial charge is 0.450 e. The highest BCUT2D eigenvalue weighted by Crippen LogP contribution is 2.51. The van der Waals surface area contributed by atoms with E-state index in [9.17, 15) is 0 Å². The molecule has 0 unspecified atom stereocenters. The predicted octanol–water partition coefficient (Wildman–Crippen LogP) is 4.11. The van der Waals surface area contributed by atoms with Crippen LogP contribution in [0.15, 0.2) is 0 Å². The van der Waals surface area contributed by atoms with Crippen LogP contribution in [0.3, 0.4) is 0 Å². The maximum atomic E-state index is 5.72. The quantitative estimate of drug-likeness (QED) is 0.755. The molecule has 0 aromatic carbocycles. The van der Waals surface area contributed by atoms with E-state index in [1.54, 1.807) is 0 Å². The maximum Gasteiger partial charge on any atom is 0.238 e. The van der Waals surface area contributed by atoms with Crippen molar-refractivity contribution in [1.29, 1.82) is 0 Å². The minimum absolute atomic E-state index is 0.126. The molecule has 0 fully saturated rings. The first-order chi connectivity index (χ1) is 7.00. The highest BCUT2D eigenvalue weighted by Gasteiger charge is 2.31. The minimum atomic E-state index is -0.126. The van der Waals surface area contributed by atoms with Crippen LogP contribution in [-0.4, -0.2) is 6.29 Å². The van der Waals surface area contributed by atoms with E-state index in [2.05, 4.69) is 27.7 Å². The number of ether oxygens (including phenoxy) is 2. The van der Waals surface area contributed by atoms with E-state index in [1.807, 2.05) is 18.3 Å². The summed E-state index contributed by atoms with van der Waals surface area (Å²) in [6, 6.07) is 0. The van der Waals surface area contributed by atoms with E-state index in [4.69, 9.17) is 9.47 Å². The predicted molar refractivity (Wildman–Crippen MR) is 63.2 cm³/mol. The molecule has 0 radical (unpaired) electrons. The van der Waals surface area contributed by atoms with Gasteiger partial charge in [0.2, 0.25) is 6.29 Å². The third-order valence-electron chi connectivity index (χ3n) is 2.49. The number of hydrogen-bond donors (Lipinski definition) is 0. The van der Waals surface area contributed by atoms with Crippen molar-refractivity contribution in [3.63, 3.8) is 0 Å². The average molecular weight is 226 g/mol. The molecule has 0 saturated carbocycles. The van der Waals surface area contributed by atoms with Crippen LogP contribution in [-0.2, 0) is 0 Å². The number of rotatable bonds is 2. The summed E-state index contributed by atoms with van der Waals surface area (Å²) >= 11 is 1.83. The molecule has 0 aliphatic carbocycles. The van der Waals surface area contributed by atoms with Crippen molar-refractivity contribution in [3.8, 4) is 11.5 Å². The molecular formula is C12H18O2S. The topological polar surface area (TPSA) is 18.5 Å². The molecule has 2 rings (SSSR count). The zero-order valence-corrected chi connectivity index (χ0v) is 10.8. The van der Waals surface area contributed by atoms with Crippen molar-refractivity contribution >= 4 is 11.3 Å². The van der Waals surface area contributed by atoms with E-state index < -0.39 is 0 Å². The highest BCUT2D eigenvalue weighted by molar-refractivity contribution is 7.13. The van der Waals surface area contributed by atoms with Crippen molar-refractivity contribution in [3.05, 3.63) is 9.75 Å². The highest BCUT2D eigenvalue weighted by atomic mass is 32.1. The molecule has 2 heterocycles. The molecule has 84 valence electrons. The summed E-state index contributed by atoms with van der Waals surface area (Å²) in [4.78, 5) is 2.64. The van der Waals surface area contributed by atoms with Gasteiger partial charge in [-0.25, -0.2) is 0 Å². The summed E-state index contributed by atoms with van der Waals surface area (Å²) in [7, 11) is 0. The van der Waals surface area contributed by atoms with Gasteiger partial charge >= 0.3 is 0 Å². The molecule has 1 aromatic heterocycles. The normalized spacial score (nSPS) is 15.7. The van der Waals surface area contributed by atoms with Crippen molar-refractivity contribution in [2.24, 2.45) is 0 Å². The van der Waals surface area contributed by atoms with Gasteiger partial charge in [-0.3, -0.25) is 0 Å². The van der Waals surface area contributed by atoms with Crippen LogP contribution in [0.2, 0.25) is 0 Å². The molecule has 1 aliphatic heterocycles. The van der Waals surface area contributed by atoms with Gasteiger partial charge in [0.25, 0.3) is 0 Å². The Morgan fingerprint density at radius 1 is 0.933 bits per heavy atom. The Morgan fingerprint density at radius 3 is 1.67 bits per heavy atom. The van der Waals surface area contributed by atoms with E-state index in [1.165, 1.54) is 9.75 Å². The second-order valence-electron chi connectivity index (χ2n) is 4.60. The Morgan fingerprint density at radius 2 is 1.33 bits per heavy atom. The Kier molecular flexibility index (Phi) is 2.67. The lowest BCUT2D eigenvalue weighted by Gasteiger charge is -2.08. The molecule has 0 amide bonds. The van der Waals surface area contributed by atoms with Crippen LogP contribution < -0.4 is 9.47 Å². The van der Waals surface area contributed by atoms with Crippen LogP contribution in [0.1, 0.15) is 56.2 Å². The molecule has 0 bridgehead atoms. The second-order valence-corrected chi connectivity index (χ2v) is 5.69. The molecule has 0 atom stereocenters. The van der Waals surface area contributed by atoms with Crippen LogP contribution in [0.5, 0.6) is 11.5 Å². The van der Waals surface area contributed by atoms with Gasteiger partial charge in [0.1, 0.15) is 0 Å². The van der Waals surface area contributed by atoms with Gasteiger partial charge in [-0.15, -0.1) is 11.3 Å². The van der Waals surface area contributed by atoms with Crippen molar-refractivity contribution in [2.75, 3.05) is 0 Å². The van der Waals surface area contributed by atoms with Crippen LogP contribution in [0, 0.1) is 0 Å². The first kappa shape index (κ1) is 10.8. The Labute approximate surface area is 95.2 Å². The third-order valence-corrected chi connectivity index (χ3v) is 4.24. The third kappa shape index (κ3) is 1.73. The second kappa shape index (κ2) is 3.71. The molecule has 0 spiro atoms. The summed E-state index contributed by atoms with van der Waals surface area (Å²) in [5.41, 5.74) is 0. The number of fused-ring (bicyclic) bond motifs is 1. The Balaban J connectivity index is 2.48. The standard InChI is InChI=1S/C12H18O2S/c1-6(2)11-9-10(14-8(5)13-9)12(15-11)7(3)4/h6-8H,1-5H3. The summed E-state index contributed by atoms with van der Waals surface area (Å²) in [6.45, 7) is 10.7. The summed E-state index contributed by atoms with van der Waals surface area (Å²) in [6.07, 6.45) is -0.126. The fourth-order valence-corrected chi connectivity index (χ4v) is 2.95. The van der Waals surface area contributed by atoms with Crippen molar-refractivity contribution < 1.29 is 9.47 Å². The molecule has 3 heteroatoms. The summed E-state index contributed by atoms with van der Waals surface area (Å²) in [5, 5.41) is 0. The lowest BCUT2D eigenvalue weighted by molar-refractivity contribution is 0.0665. The van der Waals surface area contributed by atoms with E-state index in [-0.39, 0.29) is 6.29 Å². The fraction of sp³-hybridized carbons (Fsp3) is 0.667. The zero-order valence-electron chi connectivity index (χ0n) is 9.96. The van der Waals surface area contributed by atoms with Gasteiger partial charge in [-0.1, -0.05) is 27.7 Å². The SMILES string of the molecule is CC1Oc2c(C(C)C)sc(C(C)C)c2O1. The Bertz CT molecular complexity index is 333. The lowest BCUT2D eigenvalue weighted by atomic mass is 10.1. The number of thiophene rings is 1. The molecule has 1 aliphatic rings. The molecule has 0 N–H and O–H groups in total. The molecule has 0 saturated heterocycles. The van der Waals surface area contributed by atoms with Crippen LogP contribution in [0.25, 0.3) is 0 Å². The number of hydrogen-bond acceptors (Lipinski definition) is 3. The first-order valence-corrected chi connectivity index (χ1v) is 6.32. The van der Waals surface area contributed by atoms with E-state index in [0.29, 0.717) is 11.8 Å². The summed E-state index contributed by atoms with van der Waals surface area (Å²) < 4.78 is 11.4. The van der Waals surface area contributed by atoms with Crippen LogP contribution in [0.4, 0.5) is 0 Å². The molecule has 1 aromatic rings. The molecule has 2 nitrogen and oxygen atoms in total. The lowest BCUT2D eigenvalue weighted by Crippen LogP contribution is -2.12. The van der Waals surface area contributed by atoms with Crippen LogP contribution >= 0.6 is 11.3 Å². The summed E-state index contributed by atoms with van der Waals surface area (Å²) in [5.74, 6) is 2.99. The average Bonchev–Trinajstić information content (AvgIpc) is 2.59. The van der Waals surface area contributed by atoms with E-state index >= 15 is 0 Å². The Hall–Kier alpha value is -0.700. The van der Waals surface area contributed by atoms with Crippen molar-refractivity contribution in [1.82, 2.24) is 0 Å². The van der Waals surface area contributed by atoms with Gasteiger partial charge < -0.3 is 9.47 Å². The smallest absolute Gasteiger partial charge is 0.238 e.